The number of pyridine rings is 1. The highest BCUT2D eigenvalue weighted by Crippen LogP contribution is 2.23. The molecule has 1 fully saturated rings. The summed E-state index contributed by atoms with van der Waals surface area (Å²) in [4.78, 5) is 31.0. The Morgan fingerprint density at radius 3 is 2.54 bits per heavy atom. The van der Waals surface area contributed by atoms with Gasteiger partial charge in [-0.25, -0.2) is 0 Å². The lowest BCUT2D eigenvalue weighted by atomic mass is 10.1. The summed E-state index contributed by atoms with van der Waals surface area (Å²) >= 11 is 0. The average Bonchev–Trinajstić information content (AvgIpc) is 2.64. The van der Waals surface area contributed by atoms with E-state index in [1.807, 2.05) is 24.0 Å². The van der Waals surface area contributed by atoms with Gasteiger partial charge in [-0.15, -0.1) is 0 Å². The minimum atomic E-state index is -0.249. The van der Waals surface area contributed by atoms with Crippen LogP contribution < -0.4 is 10.6 Å². The molecule has 2 N–H and O–H groups in total. The highest BCUT2D eigenvalue weighted by molar-refractivity contribution is 6.09. The summed E-state index contributed by atoms with van der Waals surface area (Å²) in [6, 6.07) is 8.78. The molecule has 6 heteroatoms. The molecule has 0 spiro atoms. The third kappa shape index (κ3) is 3.44. The zero-order chi connectivity index (χ0) is 16.9. The summed E-state index contributed by atoms with van der Waals surface area (Å²) in [6.07, 6.45) is 3.14. The van der Waals surface area contributed by atoms with Crippen LogP contribution in [-0.4, -0.2) is 47.9 Å². The number of amides is 2. The minimum absolute atomic E-state index is 0.0507. The van der Waals surface area contributed by atoms with Crippen molar-refractivity contribution in [3.8, 4) is 0 Å². The third-order valence-corrected chi connectivity index (χ3v) is 4.09. The molecule has 0 bridgehead atoms. The van der Waals surface area contributed by atoms with Gasteiger partial charge < -0.3 is 15.5 Å². The van der Waals surface area contributed by atoms with E-state index in [0.29, 0.717) is 29.9 Å². The Bertz CT molecular complexity index is 740. The lowest BCUT2D eigenvalue weighted by Gasteiger charge is -2.28. The van der Waals surface area contributed by atoms with E-state index < -0.39 is 0 Å². The van der Waals surface area contributed by atoms with E-state index in [1.165, 1.54) is 0 Å². The first-order chi connectivity index (χ1) is 11.7. The van der Waals surface area contributed by atoms with Crippen molar-refractivity contribution in [3.05, 3.63) is 59.4 Å². The molecule has 0 aliphatic carbocycles. The van der Waals surface area contributed by atoms with Gasteiger partial charge in [0, 0.05) is 44.1 Å². The van der Waals surface area contributed by atoms with E-state index in [2.05, 4.69) is 15.6 Å². The van der Waals surface area contributed by atoms with Crippen molar-refractivity contribution >= 4 is 17.5 Å². The van der Waals surface area contributed by atoms with E-state index in [1.54, 1.807) is 30.6 Å². The predicted molar refractivity (Wildman–Crippen MR) is 92.1 cm³/mol. The maximum absolute atomic E-state index is 12.8. The van der Waals surface area contributed by atoms with E-state index in [0.717, 1.165) is 18.7 Å². The molecule has 0 saturated carbocycles. The van der Waals surface area contributed by atoms with Gasteiger partial charge in [0.1, 0.15) is 0 Å². The fraction of sp³-hybridized carbons (Fsp3) is 0.278. The van der Waals surface area contributed by atoms with Crippen LogP contribution in [0.5, 0.6) is 0 Å². The number of hydrogen-bond acceptors (Lipinski definition) is 4. The van der Waals surface area contributed by atoms with Gasteiger partial charge in [0.25, 0.3) is 11.8 Å². The number of nitrogens with one attached hydrogen (secondary N) is 2. The number of piperazine rings is 1. The lowest BCUT2D eigenvalue weighted by molar-refractivity contribution is 0.0737. The normalized spacial score (nSPS) is 14.3. The zero-order valence-corrected chi connectivity index (χ0v) is 13.6. The topological polar surface area (TPSA) is 74.3 Å². The number of benzene rings is 1. The van der Waals surface area contributed by atoms with Crippen LogP contribution in [0.15, 0.2) is 42.7 Å². The SMILES string of the molecule is Cc1cccc(C(=O)N2CCNCC2)c1NC(=O)c1ccncc1. The molecule has 2 amide bonds. The first-order valence-corrected chi connectivity index (χ1v) is 7.98. The Morgan fingerprint density at radius 2 is 1.83 bits per heavy atom. The summed E-state index contributed by atoms with van der Waals surface area (Å²) in [7, 11) is 0. The average molecular weight is 324 g/mol. The summed E-state index contributed by atoms with van der Waals surface area (Å²) in [5.41, 5.74) is 2.47. The standard InChI is InChI=1S/C18H20N4O2/c1-13-3-2-4-15(18(24)22-11-9-20-10-12-22)16(13)21-17(23)14-5-7-19-8-6-14/h2-8,20H,9-12H2,1H3,(H,21,23). The molecule has 0 atom stereocenters. The summed E-state index contributed by atoms with van der Waals surface area (Å²) < 4.78 is 0. The monoisotopic (exact) mass is 324 g/mol. The van der Waals surface area contributed by atoms with Gasteiger partial charge in [-0.1, -0.05) is 12.1 Å². The van der Waals surface area contributed by atoms with Gasteiger partial charge in [-0.2, -0.15) is 0 Å². The Labute approximate surface area is 140 Å². The third-order valence-electron chi connectivity index (χ3n) is 4.09. The zero-order valence-electron chi connectivity index (χ0n) is 13.6. The van der Waals surface area contributed by atoms with Gasteiger partial charge >= 0.3 is 0 Å². The first-order valence-electron chi connectivity index (χ1n) is 7.98. The molecule has 1 aromatic carbocycles. The first kappa shape index (κ1) is 16.1. The van der Waals surface area contributed by atoms with Gasteiger partial charge in [0.2, 0.25) is 0 Å². The van der Waals surface area contributed by atoms with Crippen LogP contribution in [0, 0.1) is 6.92 Å². The van der Waals surface area contributed by atoms with Crippen LogP contribution in [0.4, 0.5) is 5.69 Å². The Kier molecular flexibility index (Phi) is 4.86. The van der Waals surface area contributed by atoms with Crippen molar-refractivity contribution in [3.63, 3.8) is 0 Å². The smallest absolute Gasteiger partial charge is 0.256 e. The van der Waals surface area contributed by atoms with Gasteiger partial charge in [0.05, 0.1) is 11.3 Å². The van der Waals surface area contributed by atoms with Gasteiger partial charge in [-0.3, -0.25) is 14.6 Å². The van der Waals surface area contributed by atoms with Crippen molar-refractivity contribution in [2.24, 2.45) is 0 Å². The van der Waals surface area contributed by atoms with Gasteiger partial charge in [0.15, 0.2) is 0 Å². The number of carbonyl (C=O) groups excluding carboxylic acids is 2. The number of hydrogen-bond donors (Lipinski definition) is 2. The van der Waals surface area contributed by atoms with Crippen LogP contribution in [-0.2, 0) is 0 Å². The van der Waals surface area contributed by atoms with Crippen LogP contribution in [0.1, 0.15) is 26.3 Å². The maximum atomic E-state index is 12.8. The molecule has 124 valence electrons. The van der Waals surface area contributed by atoms with Crippen LogP contribution in [0.25, 0.3) is 0 Å². The predicted octanol–water partition coefficient (Wildman–Crippen LogP) is 1.69. The second-order valence-electron chi connectivity index (χ2n) is 5.73. The Morgan fingerprint density at radius 1 is 1.12 bits per heavy atom. The number of aromatic nitrogens is 1. The molecule has 1 aromatic heterocycles. The summed E-state index contributed by atoms with van der Waals surface area (Å²) in [5, 5.41) is 6.12. The molecule has 24 heavy (non-hydrogen) atoms. The van der Waals surface area contributed by atoms with Crippen LogP contribution in [0.2, 0.25) is 0 Å². The molecule has 3 rings (SSSR count). The van der Waals surface area contributed by atoms with Crippen molar-refractivity contribution in [2.45, 2.75) is 6.92 Å². The molecule has 1 aliphatic heterocycles. The van der Waals surface area contributed by atoms with Crippen LogP contribution >= 0.6 is 0 Å². The minimum Gasteiger partial charge on any atom is -0.336 e. The molecule has 1 saturated heterocycles. The van der Waals surface area contributed by atoms with E-state index in [9.17, 15) is 9.59 Å². The molecule has 0 unspecified atom stereocenters. The van der Waals surface area contributed by atoms with Crippen molar-refractivity contribution in [2.75, 3.05) is 31.5 Å². The number of para-hydroxylation sites is 1. The molecule has 2 aromatic rings. The fourth-order valence-corrected chi connectivity index (χ4v) is 2.74. The second-order valence-corrected chi connectivity index (χ2v) is 5.73. The molecular weight excluding hydrogens is 304 g/mol. The molecule has 2 heterocycles. The number of rotatable bonds is 3. The Balaban J connectivity index is 1.87. The fourth-order valence-electron chi connectivity index (χ4n) is 2.74. The summed E-state index contributed by atoms with van der Waals surface area (Å²) in [6.45, 7) is 4.80. The summed E-state index contributed by atoms with van der Waals surface area (Å²) in [5.74, 6) is -0.300. The largest absolute Gasteiger partial charge is 0.336 e. The molecular formula is C18H20N4O2. The van der Waals surface area contributed by atoms with Crippen molar-refractivity contribution < 1.29 is 9.59 Å². The van der Waals surface area contributed by atoms with Crippen LogP contribution in [0.3, 0.4) is 0 Å². The Hall–Kier alpha value is -2.73. The maximum Gasteiger partial charge on any atom is 0.256 e. The molecule has 6 nitrogen and oxygen atoms in total. The van der Waals surface area contributed by atoms with Gasteiger partial charge in [-0.05, 0) is 30.7 Å². The highest BCUT2D eigenvalue weighted by Gasteiger charge is 2.22. The molecule has 0 radical (unpaired) electrons. The second kappa shape index (κ2) is 7.23. The molecule has 1 aliphatic rings. The van der Waals surface area contributed by atoms with E-state index >= 15 is 0 Å². The number of carbonyl (C=O) groups is 2. The highest BCUT2D eigenvalue weighted by atomic mass is 16.2. The van der Waals surface area contributed by atoms with Crippen molar-refractivity contribution in [1.29, 1.82) is 0 Å². The number of aryl methyl sites for hydroxylation is 1. The number of nitrogens with zero attached hydrogens (tertiary/aromatic N) is 2. The van der Waals surface area contributed by atoms with Crippen molar-refractivity contribution in [1.82, 2.24) is 15.2 Å². The van der Waals surface area contributed by atoms with E-state index in [-0.39, 0.29) is 11.8 Å². The van der Waals surface area contributed by atoms with E-state index in [4.69, 9.17) is 0 Å². The quantitative estimate of drug-likeness (QED) is 0.901. The lowest BCUT2D eigenvalue weighted by Crippen LogP contribution is -2.46. The number of anilines is 1.